The second kappa shape index (κ2) is 7.20. The van der Waals surface area contributed by atoms with Crippen molar-refractivity contribution in [1.29, 1.82) is 0 Å². The van der Waals surface area contributed by atoms with Gasteiger partial charge in [-0.05, 0) is 75.1 Å². The van der Waals surface area contributed by atoms with Crippen LogP contribution in [-0.2, 0) is 0 Å². The van der Waals surface area contributed by atoms with Crippen molar-refractivity contribution < 1.29 is 9.53 Å². The summed E-state index contributed by atoms with van der Waals surface area (Å²) in [5.41, 5.74) is 2.44. The van der Waals surface area contributed by atoms with Gasteiger partial charge in [0.1, 0.15) is 5.75 Å². The van der Waals surface area contributed by atoms with Crippen LogP contribution in [0.4, 0.5) is 16.2 Å². The van der Waals surface area contributed by atoms with E-state index in [9.17, 15) is 4.79 Å². The number of benzene rings is 2. The average Bonchev–Trinajstić information content (AvgIpc) is 2.55. The van der Waals surface area contributed by atoms with E-state index in [-0.39, 0.29) is 11.6 Å². The predicted molar refractivity (Wildman–Crippen MR) is 108 cm³/mol. The van der Waals surface area contributed by atoms with Crippen LogP contribution in [0.2, 0.25) is 5.02 Å². The van der Waals surface area contributed by atoms with Gasteiger partial charge in [-0.15, -0.1) is 0 Å². The molecule has 0 spiro atoms. The van der Waals surface area contributed by atoms with E-state index < -0.39 is 0 Å². The Kier molecular flexibility index (Phi) is 5.15. The molecule has 3 rings (SSSR count). The molecule has 0 saturated heterocycles. The van der Waals surface area contributed by atoms with Crippen LogP contribution in [0.5, 0.6) is 5.75 Å². The number of ether oxygens (including phenoxy) is 1. The van der Waals surface area contributed by atoms with E-state index in [4.69, 9.17) is 16.3 Å². The van der Waals surface area contributed by atoms with Crippen LogP contribution < -0.4 is 15.0 Å². The molecule has 0 bridgehead atoms. The van der Waals surface area contributed by atoms with E-state index in [2.05, 4.69) is 32.2 Å². The fourth-order valence-electron chi connectivity index (χ4n) is 3.79. The molecular weight excluding hydrogens is 348 g/mol. The van der Waals surface area contributed by atoms with Gasteiger partial charge in [-0.1, -0.05) is 24.6 Å². The van der Waals surface area contributed by atoms with Gasteiger partial charge >= 0.3 is 6.03 Å². The Morgan fingerprint density at radius 2 is 2.08 bits per heavy atom. The Morgan fingerprint density at radius 1 is 1.31 bits per heavy atom. The molecule has 1 N–H and O–H groups in total. The fraction of sp³-hybridized carbons (Fsp3) is 0.381. The highest BCUT2D eigenvalue weighted by Crippen LogP contribution is 2.44. The second-order valence-electron chi connectivity index (χ2n) is 7.35. The minimum atomic E-state index is -0.303. The van der Waals surface area contributed by atoms with Crippen LogP contribution in [0.3, 0.4) is 0 Å². The Bertz CT molecular complexity index is 819. The number of amides is 2. The maximum absolute atomic E-state index is 13.1. The van der Waals surface area contributed by atoms with Gasteiger partial charge in [0.25, 0.3) is 0 Å². The normalized spacial score (nSPS) is 18.2. The van der Waals surface area contributed by atoms with E-state index in [0.29, 0.717) is 23.2 Å². The number of nitrogens with one attached hydrogen (secondary N) is 1. The molecule has 26 heavy (non-hydrogen) atoms. The summed E-state index contributed by atoms with van der Waals surface area (Å²) in [6, 6.07) is 13.0. The van der Waals surface area contributed by atoms with Crippen LogP contribution >= 0.6 is 11.6 Å². The number of carbonyl (C=O) groups excluding carboxylic acids is 1. The Balaban J connectivity index is 1.97. The largest absolute Gasteiger partial charge is 0.494 e. The minimum absolute atomic E-state index is 0.158. The third-order valence-electron chi connectivity index (χ3n) is 4.77. The van der Waals surface area contributed by atoms with Gasteiger partial charge in [-0.25, -0.2) is 4.79 Å². The molecule has 0 aromatic heterocycles. The third-order valence-corrected chi connectivity index (χ3v) is 5.01. The Morgan fingerprint density at radius 3 is 2.77 bits per heavy atom. The van der Waals surface area contributed by atoms with Crippen molar-refractivity contribution in [1.82, 2.24) is 0 Å². The molecule has 2 amide bonds. The van der Waals surface area contributed by atoms with Crippen LogP contribution in [0.15, 0.2) is 42.5 Å². The van der Waals surface area contributed by atoms with E-state index in [1.54, 1.807) is 12.1 Å². The summed E-state index contributed by atoms with van der Waals surface area (Å²) in [7, 11) is 0. The lowest BCUT2D eigenvalue weighted by molar-refractivity contribution is 0.247. The fourth-order valence-corrected chi connectivity index (χ4v) is 3.98. The molecule has 138 valence electrons. The van der Waals surface area contributed by atoms with Gasteiger partial charge in [-0.2, -0.15) is 0 Å². The molecule has 2 aromatic rings. The van der Waals surface area contributed by atoms with Crippen molar-refractivity contribution in [3.63, 3.8) is 0 Å². The summed E-state index contributed by atoms with van der Waals surface area (Å²) < 4.78 is 5.64. The number of carbonyl (C=O) groups is 1. The smallest absolute Gasteiger partial charge is 0.326 e. The molecule has 0 unspecified atom stereocenters. The number of rotatable bonds is 3. The van der Waals surface area contributed by atoms with Crippen molar-refractivity contribution in [3.8, 4) is 5.75 Å². The highest BCUT2D eigenvalue weighted by Gasteiger charge is 2.40. The maximum Gasteiger partial charge on any atom is 0.326 e. The molecule has 2 aromatic carbocycles. The number of hydrogen-bond donors (Lipinski definition) is 1. The molecule has 5 heteroatoms. The van der Waals surface area contributed by atoms with E-state index in [1.165, 1.54) is 0 Å². The van der Waals surface area contributed by atoms with E-state index >= 15 is 0 Å². The standard InChI is InChI=1S/C21H25ClN2O2/c1-5-26-17-9-10-19-18(12-17)14(2)13-21(3,4)24(19)20(25)23-16-8-6-7-15(22)11-16/h6-12,14H,5,13H2,1-4H3,(H,23,25)/t14-/m1/s1. The summed E-state index contributed by atoms with van der Waals surface area (Å²) in [6.07, 6.45) is 0.874. The number of fused-ring (bicyclic) bond motifs is 1. The summed E-state index contributed by atoms with van der Waals surface area (Å²) in [5.74, 6) is 1.18. The summed E-state index contributed by atoms with van der Waals surface area (Å²) in [6.45, 7) is 8.98. The van der Waals surface area contributed by atoms with Gasteiger partial charge in [0.15, 0.2) is 0 Å². The highest BCUT2D eigenvalue weighted by molar-refractivity contribution is 6.30. The lowest BCUT2D eigenvalue weighted by atomic mass is 9.80. The molecule has 1 aliphatic heterocycles. The number of halogens is 1. The number of nitrogens with zero attached hydrogens (tertiary/aromatic N) is 1. The number of urea groups is 1. The van der Waals surface area contributed by atoms with Crippen molar-refractivity contribution in [2.24, 2.45) is 0 Å². The van der Waals surface area contributed by atoms with Gasteiger partial charge in [0.2, 0.25) is 0 Å². The molecule has 0 radical (unpaired) electrons. The highest BCUT2D eigenvalue weighted by atomic mass is 35.5. The third kappa shape index (κ3) is 3.65. The van der Waals surface area contributed by atoms with E-state index in [1.807, 2.05) is 36.1 Å². The van der Waals surface area contributed by atoms with Crippen molar-refractivity contribution in [3.05, 3.63) is 53.1 Å². The Labute approximate surface area is 160 Å². The first-order valence-electron chi connectivity index (χ1n) is 8.95. The molecular formula is C21H25ClN2O2. The van der Waals surface area contributed by atoms with Gasteiger partial charge in [0, 0.05) is 21.9 Å². The average molecular weight is 373 g/mol. The predicted octanol–water partition coefficient (Wildman–Crippen LogP) is 6.06. The molecule has 1 atom stereocenters. The number of anilines is 2. The van der Waals surface area contributed by atoms with Crippen LogP contribution in [0.1, 0.15) is 45.6 Å². The zero-order valence-corrected chi connectivity index (χ0v) is 16.4. The SMILES string of the molecule is CCOc1ccc2c(c1)[C@H](C)CC(C)(C)N2C(=O)Nc1cccc(Cl)c1. The summed E-state index contributed by atoms with van der Waals surface area (Å²) in [5, 5.41) is 3.57. The molecule has 1 heterocycles. The van der Waals surface area contributed by atoms with Gasteiger partial charge in [-0.3, -0.25) is 4.90 Å². The topological polar surface area (TPSA) is 41.6 Å². The zero-order valence-electron chi connectivity index (χ0n) is 15.7. The lowest BCUT2D eigenvalue weighted by Crippen LogP contribution is -2.53. The van der Waals surface area contributed by atoms with Gasteiger partial charge in [0.05, 0.1) is 6.61 Å². The maximum atomic E-state index is 13.1. The van der Waals surface area contributed by atoms with E-state index in [0.717, 1.165) is 23.4 Å². The van der Waals surface area contributed by atoms with Crippen molar-refractivity contribution >= 4 is 29.0 Å². The zero-order chi connectivity index (χ0) is 18.9. The van der Waals surface area contributed by atoms with Crippen molar-refractivity contribution in [2.45, 2.75) is 45.6 Å². The van der Waals surface area contributed by atoms with Gasteiger partial charge < -0.3 is 10.1 Å². The monoisotopic (exact) mass is 372 g/mol. The second-order valence-corrected chi connectivity index (χ2v) is 7.78. The molecule has 1 aliphatic rings. The first-order chi connectivity index (χ1) is 12.3. The Hall–Kier alpha value is -2.20. The number of hydrogen-bond acceptors (Lipinski definition) is 2. The van der Waals surface area contributed by atoms with Crippen LogP contribution in [0, 0.1) is 0 Å². The molecule has 0 aliphatic carbocycles. The van der Waals surface area contributed by atoms with Crippen LogP contribution in [-0.4, -0.2) is 18.2 Å². The molecule has 0 saturated carbocycles. The lowest BCUT2D eigenvalue weighted by Gasteiger charge is -2.45. The first kappa shape index (κ1) is 18.6. The first-order valence-corrected chi connectivity index (χ1v) is 9.33. The van der Waals surface area contributed by atoms with Crippen LogP contribution in [0.25, 0.3) is 0 Å². The minimum Gasteiger partial charge on any atom is -0.494 e. The van der Waals surface area contributed by atoms with Crippen molar-refractivity contribution in [2.75, 3.05) is 16.8 Å². The quantitative estimate of drug-likeness (QED) is 0.711. The summed E-state index contributed by atoms with van der Waals surface area (Å²) in [4.78, 5) is 15.0. The summed E-state index contributed by atoms with van der Waals surface area (Å²) >= 11 is 6.04. The molecule has 0 fully saturated rings. The molecule has 4 nitrogen and oxygen atoms in total.